The molecular formula is C13H22N2O3. The maximum absolute atomic E-state index is 12.4. The summed E-state index contributed by atoms with van der Waals surface area (Å²) in [6, 6.07) is -0.0358. The molecule has 5 nitrogen and oxygen atoms in total. The molecule has 0 spiro atoms. The number of aliphatic carboxylic acids is 1. The third kappa shape index (κ3) is 2.83. The van der Waals surface area contributed by atoms with E-state index in [1.165, 1.54) is 0 Å². The number of carbonyl (C=O) groups excluding carboxylic acids is 1. The maximum Gasteiger partial charge on any atom is 0.308 e. The first-order chi connectivity index (χ1) is 8.59. The van der Waals surface area contributed by atoms with Crippen molar-refractivity contribution in [3.63, 3.8) is 0 Å². The van der Waals surface area contributed by atoms with E-state index in [4.69, 9.17) is 5.11 Å². The quantitative estimate of drug-likeness (QED) is 0.791. The van der Waals surface area contributed by atoms with Gasteiger partial charge in [-0.3, -0.25) is 14.5 Å². The van der Waals surface area contributed by atoms with Gasteiger partial charge in [-0.05, 0) is 39.3 Å². The summed E-state index contributed by atoms with van der Waals surface area (Å²) >= 11 is 0. The number of piperidine rings is 2. The SMILES string of the molecule is CN1CCCCC1C(=O)N1CCCC(C(=O)O)C1. The molecule has 1 N–H and O–H groups in total. The molecule has 2 rings (SSSR count). The molecule has 1 amide bonds. The molecule has 0 bridgehead atoms. The van der Waals surface area contributed by atoms with Gasteiger partial charge in [0.1, 0.15) is 0 Å². The topological polar surface area (TPSA) is 60.9 Å². The molecule has 0 aromatic heterocycles. The molecule has 2 atom stereocenters. The first kappa shape index (κ1) is 13.3. The van der Waals surface area contributed by atoms with Crippen LogP contribution < -0.4 is 0 Å². The Morgan fingerprint density at radius 1 is 1.11 bits per heavy atom. The van der Waals surface area contributed by atoms with Crippen molar-refractivity contribution in [2.45, 2.75) is 38.1 Å². The number of carbonyl (C=O) groups is 2. The molecule has 18 heavy (non-hydrogen) atoms. The molecular weight excluding hydrogens is 232 g/mol. The summed E-state index contributed by atoms with van der Waals surface area (Å²) in [7, 11) is 1.99. The predicted molar refractivity (Wildman–Crippen MR) is 67.2 cm³/mol. The Labute approximate surface area is 108 Å². The van der Waals surface area contributed by atoms with Crippen molar-refractivity contribution in [1.29, 1.82) is 0 Å². The van der Waals surface area contributed by atoms with Gasteiger partial charge in [0.15, 0.2) is 0 Å². The van der Waals surface area contributed by atoms with E-state index in [2.05, 4.69) is 4.90 Å². The lowest BCUT2D eigenvalue weighted by Gasteiger charge is -2.38. The highest BCUT2D eigenvalue weighted by Gasteiger charge is 2.34. The molecule has 2 unspecified atom stereocenters. The highest BCUT2D eigenvalue weighted by molar-refractivity contribution is 5.83. The van der Waals surface area contributed by atoms with E-state index >= 15 is 0 Å². The van der Waals surface area contributed by atoms with Crippen LogP contribution in [0.3, 0.4) is 0 Å². The largest absolute Gasteiger partial charge is 0.481 e. The molecule has 0 aromatic carbocycles. The normalized spacial score (nSPS) is 30.2. The lowest BCUT2D eigenvalue weighted by molar-refractivity contribution is -0.147. The van der Waals surface area contributed by atoms with Gasteiger partial charge in [0.2, 0.25) is 5.91 Å². The lowest BCUT2D eigenvalue weighted by Crippen LogP contribution is -2.52. The minimum absolute atomic E-state index is 0.0358. The Bertz CT molecular complexity index is 332. The zero-order valence-corrected chi connectivity index (χ0v) is 11.0. The van der Waals surface area contributed by atoms with Crippen LogP contribution in [-0.2, 0) is 9.59 Å². The average Bonchev–Trinajstić information content (AvgIpc) is 2.38. The van der Waals surface area contributed by atoms with Crippen LogP contribution >= 0.6 is 0 Å². The van der Waals surface area contributed by atoms with Crippen molar-refractivity contribution in [2.24, 2.45) is 5.92 Å². The summed E-state index contributed by atoms with van der Waals surface area (Å²) in [5.74, 6) is -1.02. The van der Waals surface area contributed by atoms with Crippen LogP contribution in [0, 0.1) is 5.92 Å². The van der Waals surface area contributed by atoms with Crippen molar-refractivity contribution in [2.75, 3.05) is 26.7 Å². The fourth-order valence-corrected chi connectivity index (χ4v) is 2.98. The van der Waals surface area contributed by atoms with Gasteiger partial charge in [0.25, 0.3) is 0 Å². The van der Waals surface area contributed by atoms with Crippen LogP contribution in [0.25, 0.3) is 0 Å². The van der Waals surface area contributed by atoms with Gasteiger partial charge in [-0.25, -0.2) is 0 Å². The molecule has 0 saturated carbocycles. The number of amides is 1. The fourth-order valence-electron chi connectivity index (χ4n) is 2.98. The van der Waals surface area contributed by atoms with Gasteiger partial charge in [0.05, 0.1) is 12.0 Å². The van der Waals surface area contributed by atoms with E-state index in [-0.39, 0.29) is 17.9 Å². The summed E-state index contributed by atoms with van der Waals surface area (Å²) in [5, 5.41) is 9.05. The van der Waals surface area contributed by atoms with E-state index in [0.29, 0.717) is 19.5 Å². The van der Waals surface area contributed by atoms with Gasteiger partial charge in [-0.15, -0.1) is 0 Å². The second kappa shape index (κ2) is 5.69. The van der Waals surface area contributed by atoms with E-state index < -0.39 is 5.97 Å². The molecule has 2 saturated heterocycles. The molecule has 0 aromatic rings. The Hall–Kier alpha value is -1.10. The Morgan fingerprint density at radius 3 is 2.56 bits per heavy atom. The number of nitrogens with zero attached hydrogens (tertiary/aromatic N) is 2. The molecule has 2 fully saturated rings. The maximum atomic E-state index is 12.4. The van der Waals surface area contributed by atoms with Crippen LogP contribution in [-0.4, -0.2) is 59.5 Å². The molecule has 5 heteroatoms. The highest BCUT2D eigenvalue weighted by Crippen LogP contribution is 2.22. The summed E-state index contributed by atoms with van der Waals surface area (Å²) in [4.78, 5) is 27.3. The Balaban J connectivity index is 1.97. The van der Waals surface area contributed by atoms with Gasteiger partial charge >= 0.3 is 5.97 Å². The van der Waals surface area contributed by atoms with Crippen molar-refractivity contribution in [3.8, 4) is 0 Å². The molecule has 102 valence electrons. The summed E-state index contributed by atoms with van der Waals surface area (Å²) in [6.07, 6.45) is 4.65. The van der Waals surface area contributed by atoms with Crippen molar-refractivity contribution >= 4 is 11.9 Å². The number of carboxylic acids is 1. The molecule has 2 aliphatic rings. The van der Waals surface area contributed by atoms with Crippen LogP contribution in [0.5, 0.6) is 0 Å². The van der Waals surface area contributed by atoms with E-state index in [1.807, 2.05) is 7.05 Å². The predicted octanol–water partition coefficient (Wildman–Crippen LogP) is 0.794. The first-order valence-electron chi connectivity index (χ1n) is 6.81. The highest BCUT2D eigenvalue weighted by atomic mass is 16.4. The Morgan fingerprint density at radius 2 is 1.89 bits per heavy atom. The van der Waals surface area contributed by atoms with Gasteiger partial charge < -0.3 is 10.0 Å². The lowest BCUT2D eigenvalue weighted by atomic mass is 9.96. The number of carboxylic acid groups (broad SMARTS) is 1. The average molecular weight is 254 g/mol. The smallest absolute Gasteiger partial charge is 0.308 e. The third-order valence-corrected chi connectivity index (χ3v) is 4.14. The monoisotopic (exact) mass is 254 g/mol. The standard InChI is InChI=1S/C13H22N2O3/c1-14-7-3-2-6-11(14)12(16)15-8-4-5-10(9-15)13(17)18/h10-11H,2-9H2,1H3,(H,17,18). The van der Waals surface area contributed by atoms with Crippen LogP contribution in [0.4, 0.5) is 0 Å². The van der Waals surface area contributed by atoms with Crippen molar-refractivity contribution in [1.82, 2.24) is 9.80 Å². The van der Waals surface area contributed by atoms with Crippen molar-refractivity contribution < 1.29 is 14.7 Å². The van der Waals surface area contributed by atoms with Gasteiger partial charge in [0, 0.05) is 13.1 Å². The molecule has 0 radical (unpaired) electrons. The fraction of sp³-hybridized carbons (Fsp3) is 0.846. The number of hydrogen-bond acceptors (Lipinski definition) is 3. The Kier molecular flexibility index (Phi) is 4.22. The zero-order chi connectivity index (χ0) is 13.1. The van der Waals surface area contributed by atoms with Crippen LogP contribution in [0.1, 0.15) is 32.1 Å². The molecule has 2 aliphatic heterocycles. The minimum Gasteiger partial charge on any atom is -0.481 e. The number of rotatable bonds is 2. The summed E-state index contributed by atoms with van der Waals surface area (Å²) in [5.41, 5.74) is 0. The van der Waals surface area contributed by atoms with Crippen LogP contribution in [0.2, 0.25) is 0 Å². The summed E-state index contributed by atoms with van der Waals surface area (Å²) < 4.78 is 0. The second-order valence-corrected chi connectivity index (χ2v) is 5.45. The van der Waals surface area contributed by atoms with Crippen molar-refractivity contribution in [3.05, 3.63) is 0 Å². The minimum atomic E-state index is -0.774. The second-order valence-electron chi connectivity index (χ2n) is 5.45. The number of likely N-dealkylation sites (N-methyl/N-ethyl adjacent to an activating group) is 1. The number of hydrogen-bond donors (Lipinski definition) is 1. The summed E-state index contributed by atoms with van der Waals surface area (Å²) in [6.45, 7) is 2.07. The zero-order valence-electron chi connectivity index (χ0n) is 11.0. The van der Waals surface area contributed by atoms with E-state index in [9.17, 15) is 9.59 Å². The molecule has 0 aliphatic carbocycles. The van der Waals surface area contributed by atoms with Crippen LogP contribution in [0.15, 0.2) is 0 Å². The third-order valence-electron chi connectivity index (χ3n) is 4.14. The van der Waals surface area contributed by atoms with E-state index in [1.54, 1.807) is 4.90 Å². The molecule has 2 heterocycles. The van der Waals surface area contributed by atoms with Gasteiger partial charge in [-0.2, -0.15) is 0 Å². The number of likely N-dealkylation sites (tertiary alicyclic amines) is 2. The first-order valence-corrected chi connectivity index (χ1v) is 6.81. The van der Waals surface area contributed by atoms with Gasteiger partial charge in [-0.1, -0.05) is 6.42 Å². The van der Waals surface area contributed by atoms with E-state index in [0.717, 1.165) is 32.2 Å².